The van der Waals surface area contributed by atoms with Crippen molar-refractivity contribution in [3.63, 3.8) is 0 Å². The summed E-state index contributed by atoms with van der Waals surface area (Å²) in [6, 6.07) is 7.76. The van der Waals surface area contributed by atoms with Crippen LogP contribution in [0.15, 0.2) is 28.7 Å². The lowest BCUT2D eigenvalue weighted by atomic mass is 10.2. The van der Waals surface area contributed by atoms with Gasteiger partial charge in [-0.2, -0.15) is 12.6 Å². The number of fused-ring (bicyclic) bond motifs is 1. The van der Waals surface area contributed by atoms with Gasteiger partial charge in [0, 0.05) is 16.7 Å². The molecule has 12 heavy (non-hydrogen) atoms. The van der Waals surface area contributed by atoms with E-state index in [1.165, 1.54) is 0 Å². The second kappa shape index (κ2) is 3.04. The third-order valence-corrected chi connectivity index (χ3v) is 2.43. The Hall–Kier alpha value is -0.600. The Morgan fingerprint density at radius 2 is 2.08 bits per heavy atom. The third-order valence-electron chi connectivity index (χ3n) is 1.81. The quantitative estimate of drug-likeness (QED) is 0.692. The zero-order valence-electron chi connectivity index (χ0n) is 6.25. The molecule has 0 radical (unpaired) electrons. The molecule has 1 aromatic heterocycles. The van der Waals surface area contributed by atoms with Gasteiger partial charge in [0.05, 0.1) is 0 Å². The highest BCUT2D eigenvalue weighted by molar-refractivity contribution is 7.79. The fourth-order valence-corrected chi connectivity index (χ4v) is 1.88. The Morgan fingerprint density at radius 3 is 2.83 bits per heavy atom. The van der Waals surface area contributed by atoms with Gasteiger partial charge in [0.1, 0.15) is 5.58 Å². The van der Waals surface area contributed by atoms with Crippen LogP contribution in [0.4, 0.5) is 0 Å². The molecule has 1 heterocycles. The van der Waals surface area contributed by atoms with Crippen LogP contribution in [-0.4, -0.2) is 0 Å². The van der Waals surface area contributed by atoms with E-state index in [1.54, 1.807) is 0 Å². The van der Waals surface area contributed by atoms with Crippen molar-refractivity contribution in [2.75, 3.05) is 0 Å². The minimum absolute atomic E-state index is 0.450. The van der Waals surface area contributed by atoms with Crippen LogP contribution < -0.4 is 0 Å². The fourth-order valence-electron chi connectivity index (χ4n) is 1.22. The Kier molecular flexibility index (Phi) is 2.03. The van der Waals surface area contributed by atoms with Crippen LogP contribution >= 0.6 is 24.2 Å². The summed E-state index contributed by atoms with van der Waals surface area (Å²) in [6.07, 6.45) is 0. The molecule has 0 unspecified atom stereocenters. The van der Waals surface area contributed by atoms with Crippen LogP contribution in [0.1, 0.15) is 5.56 Å². The maximum Gasteiger partial charge on any atom is 0.198 e. The van der Waals surface area contributed by atoms with Crippen molar-refractivity contribution < 1.29 is 4.42 Å². The minimum Gasteiger partial charge on any atom is -0.444 e. The van der Waals surface area contributed by atoms with E-state index in [-0.39, 0.29) is 0 Å². The van der Waals surface area contributed by atoms with Gasteiger partial charge >= 0.3 is 0 Å². The van der Waals surface area contributed by atoms with Crippen molar-refractivity contribution in [2.45, 2.75) is 5.75 Å². The van der Waals surface area contributed by atoms with E-state index in [2.05, 4.69) is 12.6 Å². The Balaban J connectivity index is 2.81. The molecule has 2 aromatic rings. The molecule has 0 aliphatic rings. The first-order valence-corrected chi connectivity index (χ1v) is 4.60. The van der Waals surface area contributed by atoms with Crippen LogP contribution in [0, 0.1) is 0 Å². The predicted molar refractivity (Wildman–Crippen MR) is 53.9 cm³/mol. The second-order valence-corrected chi connectivity index (χ2v) is 3.17. The van der Waals surface area contributed by atoms with Gasteiger partial charge in [-0.15, -0.1) is 0 Å². The molecule has 0 saturated carbocycles. The fraction of sp³-hybridized carbons (Fsp3) is 0.111. The maximum absolute atomic E-state index is 5.85. The van der Waals surface area contributed by atoms with Crippen molar-refractivity contribution in [3.8, 4) is 0 Å². The number of halogens is 1. The van der Waals surface area contributed by atoms with Crippen LogP contribution in [0.2, 0.25) is 5.22 Å². The molecule has 0 amide bonds. The summed E-state index contributed by atoms with van der Waals surface area (Å²) in [6.45, 7) is 0. The summed E-state index contributed by atoms with van der Waals surface area (Å²) in [4.78, 5) is 0. The molecule has 0 aliphatic carbocycles. The van der Waals surface area contributed by atoms with E-state index in [0.717, 1.165) is 16.5 Å². The van der Waals surface area contributed by atoms with Gasteiger partial charge in [-0.05, 0) is 17.7 Å². The van der Waals surface area contributed by atoms with Crippen LogP contribution in [0.5, 0.6) is 0 Å². The molecule has 1 aromatic carbocycles. The third kappa shape index (κ3) is 1.11. The van der Waals surface area contributed by atoms with Crippen molar-refractivity contribution in [3.05, 3.63) is 35.0 Å². The van der Waals surface area contributed by atoms with Gasteiger partial charge < -0.3 is 4.42 Å². The van der Waals surface area contributed by atoms with Gasteiger partial charge in [-0.1, -0.05) is 18.2 Å². The highest BCUT2D eigenvalue weighted by Gasteiger charge is 2.09. The van der Waals surface area contributed by atoms with E-state index in [4.69, 9.17) is 16.0 Å². The van der Waals surface area contributed by atoms with Gasteiger partial charge in [0.25, 0.3) is 0 Å². The summed E-state index contributed by atoms with van der Waals surface area (Å²) in [5.41, 5.74) is 1.79. The van der Waals surface area contributed by atoms with Crippen LogP contribution in [0.3, 0.4) is 0 Å². The standard InChI is InChI=1S/C9H7ClOS/c10-9-7(5-12)6-3-1-2-4-8(6)11-9/h1-4,12H,5H2. The summed E-state index contributed by atoms with van der Waals surface area (Å²) < 4.78 is 5.31. The first kappa shape index (κ1) is 8.02. The molecular formula is C9H7ClOS. The molecule has 0 fully saturated rings. The van der Waals surface area contributed by atoms with E-state index in [1.807, 2.05) is 24.3 Å². The van der Waals surface area contributed by atoms with Crippen molar-refractivity contribution in [1.82, 2.24) is 0 Å². The lowest BCUT2D eigenvalue weighted by molar-refractivity contribution is 0.615. The predicted octanol–water partition coefficient (Wildman–Crippen LogP) is 3.52. The smallest absolute Gasteiger partial charge is 0.198 e. The number of hydrogen-bond acceptors (Lipinski definition) is 2. The molecule has 2 rings (SSSR count). The van der Waals surface area contributed by atoms with E-state index in [0.29, 0.717) is 11.0 Å². The van der Waals surface area contributed by atoms with Crippen molar-refractivity contribution >= 4 is 35.2 Å². The zero-order chi connectivity index (χ0) is 8.55. The molecule has 0 aliphatic heterocycles. The second-order valence-electron chi connectivity index (χ2n) is 2.51. The molecule has 0 N–H and O–H groups in total. The Bertz CT molecular complexity index is 408. The summed E-state index contributed by atoms with van der Waals surface area (Å²) in [7, 11) is 0. The summed E-state index contributed by atoms with van der Waals surface area (Å²) >= 11 is 10.0. The number of thiol groups is 1. The van der Waals surface area contributed by atoms with Crippen molar-refractivity contribution in [1.29, 1.82) is 0 Å². The average molecular weight is 199 g/mol. The number of furan rings is 1. The average Bonchev–Trinajstić information content (AvgIpc) is 2.40. The van der Waals surface area contributed by atoms with Crippen LogP contribution in [0.25, 0.3) is 11.0 Å². The van der Waals surface area contributed by atoms with Crippen molar-refractivity contribution in [2.24, 2.45) is 0 Å². The van der Waals surface area contributed by atoms with E-state index >= 15 is 0 Å². The number of rotatable bonds is 1. The SMILES string of the molecule is SCc1c(Cl)oc2ccccc12. The normalized spacial score (nSPS) is 10.8. The molecule has 0 saturated heterocycles. The van der Waals surface area contributed by atoms with E-state index in [9.17, 15) is 0 Å². The Morgan fingerprint density at radius 1 is 1.33 bits per heavy atom. The molecule has 0 bridgehead atoms. The molecular weight excluding hydrogens is 192 g/mol. The number of hydrogen-bond donors (Lipinski definition) is 1. The molecule has 62 valence electrons. The molecule has 1 nitrogen and oxygen atoms in total. The molecule has 0 spiro atoms. The molecule has 0 atom stereocenters. The largest absolute Gasteiger partial charge is 0.444 e. The topological polar surface area (TPSA) is 13.1 Å². The number of para-hydroxylation sites is 1. The Labute approximate surface area is 80.7 Å². The van der Waals surface area contributed by atoms with Gasteiger partial charge in [-0.25, -0.2) is 0 Å². The van der Waals surface area contributed by atoms with Crippen LogP contribution in [-0.2, 0) is 5.75 Å². The summed E-state index contributed by atoms with van der Waals surface area (Å²) in [5.74, 6) is 0.607. The lowest BCUT2D eigenvalue weighted by Crippen LogP contribution is -1.73. The van der Waals surface area contributed by atoms with E-state index < -0.39 is 0 Å². The molecule has 3 heteroatoms. The number of benzene rings is 1. The van der Waals surface area contributed by atoms with Gasteiger partial charge in [-0.3, -0.25) is 0 Å². The highest BCUT2D eigenvalue weighted by atomic mass is 35.5. The monoisotopic (exact) mass is 198 g/mol. The van der Waals surface area contributed by atoms with Gasteiger partial charge in [0.2, 0.25) is 0 Å². The summed E-state index contributed by atoms with van der Waals surface area (Å²) in [5, 5.41) is 1.50. The lowest BCUT2D eigenvalue weighted by Gasteiger charge is -1.89. The first-order chi connectivity index (χ1) is 5.83. The maximum atomic E-state index is 5.85. The minimum atomic E-state index is 0.450. The first-order valence-electron chi connectivity index (χ1n) is 3.59. The highest BCUT2D eigenvalue weighted by Crippen LogP contribution is 2.30. The zero-order valence-corrected chi connectivity index (χ0v) is 7.90. The van der Waals surface area contributed by atoms with Gasteiger partial charge in [0.15, 0.2) is 5.22 Å².